The molecular formula is C13H20N2O2+2. The van der Waals surface area contributed by atoms with Crippen molar-refractivity contribution in [2.75, 3.05) is 39.4 Å². The Morgan fingerprint density at radius 3 is 2.65 bits per heavy atom. The fourth-order valence-electron chi connectivity index (χ4n) is 2.54. The molecule has 4 heteroatoms. The van der Waals surface area contributed by atoms with Crippen LogP contribution in [0.4, 0.5) is 0 Å². The molecule has 3 rings (SSSR count). The maximum absolute atomic E-state index is 5.61. The summed E-state index contributed by atoms with van der Waals surface area (Å²) < 4.78 is 11.1. The van der Waals surface area contributed by atoms with Gasteiger partial charge in [0.05, 0.1) is 0 Å². The average Bonchev–Trinajstić information content (AvgIpc) is 2.40. The van der Waals surface area contributed by atoms with Gasteiger partial charge in [0.25, 0.3) is 0 Å². The van der Waals surface area contributed by atoms with Gasteiger partial charge in [0, 0.05) is 5.56 Å². The number of piperazine rings is 1. The van der Waals surface area contributed by atoms with E-state index in [-0.39, 0.29) is 0 Å². The summed E-state index contributed by atoms with van der Waals surface area (Å²) in [4.78, 5) is 1.67. The molecule has 17 heavy (non-hydrogen) atoms. The number of hydrogen-bond donors (Lipinski definition) is 2. The zero-order chi connectivity index (χ0) is 11.5. The molecule has 1 saturated heterocycles. The Kier molecular flexibility index (Phi) is 3.16. The molecule has 3 N–H and O–H groups in total. The van der Waals surface area contributed by atoms with Crippen LogP contribution in [0.1, 0.15) is 5.56 Å². The highest BCUT2D eigenvalue weighted by molar-refractivity contribution is 5.43. The van der Waals surface area contributed by atoms with E-state index in [9.17, 15) is 0 Å². The fraction of sp³-hybridized carbons (Fsp3) is 0.538. The number of nitrogens with two attached hydrogens (primary N) is 1. The van der Waals surface area contributed by atoms with Crippen LogP contribution >= 0.6 is 0 Å². The van der Waals surface area contributed by atoms with Gasteiger partial charge in [-0.15, -0.1) is 0 Å². The summed E-state index contributed by atoms with van der Waals surface area (Å²) >= 11 is 0. The summed E-state index contributed by atoms with van der Waals surface area (Å²) in [6, 6.07) is 6.35. The quantitative estimate of drug-likeness (QED) is 0.650. The van der Waals surface area contributed by atoms with Gasteiger partial charge in [0.1, 0.15) is 45.9 Å². The summed E-state index contributed by atoms with van der Waals surface area (Å²) in [6.45, 7) is 7.45. The monoisotopic (exact) mass is 236 g/mol. The van der Waals surface area contributed by atoms with Crippen molar-refractivity contribution in [1.82, 2.24) is 0 Å². The zero-order valence-electron chi connectivity index (χ0n) is 10.1. The van der Waals surface area contributed by atoms with E-state index in [2.05, 4.69) is 17.4 Å². The number of rotatable bonds is 2. The van der Waals surface area contributed by atoms with E-state index in [0.717, 1.165) is 18.0 Å². The van der Waals surface area contributed by atoms with E-state index < -0.39 is 0 Å². The van der Waals surface area contributed by atoms with Crippen LogP contribution in [0.5, 0.6) is 11.5 Å². The second kappa shape index (κ2) is 4.94. The van der Waals surface area contributed by atoms with Crippen molar-refractivity contribution in [3.05, 3.63) is 23.8 Å². The molecular weight excluding hydrogens is 216 g/mol. The Bertz CT molecular complexity index is 389. The maximum Gasteiger partial charge on any atom is 0.161 e. The molecule has 0 atom stereocenters. The molecule has 0 saturated carbocycles. The van der Waals surface area contributed by atoms with Gasteiger partial charge < -0.3 is 19.7 Å². The van der Waals surface area contributed by atoms with Gasteiger partial charge in [-0.3, -0.25) is 0 Å². The van der Waals surface area contributed by atoms with Gasteiger partial charge in [-0.2, -0.15) is 0 Å². The van der Waals surface area contributed by atoms with Crippen LogP contribution in [-0.2, 0) is 6.54 Å². The predicted molar refractivity (Wildman–Crippen MR) is 63.5 cm³/mol. The van der Waals surface area contributed by atoms with Crippen molar-refractivity contribution < 1.29 is 19.7 Å². The molecule has 1 aromatic carbocycles. The van der Waals surface area contributed by atoms with Crippen LogP contribution in [-0.4, -0.2) is 39.4 Å². The van der Waals surface area contributed by atoms with Gasteiger partial charge in [-0.25, -0.2) is 0 Å². The van der Waals surface area contributed by atoms with Gasteiger partial charge >= 0.3 is 0 Å². The van der Waals surface area contributed by atoms with Crippen LogP contribution in [0.2, 0.25) is 0 Å². The molecule has 1 fully saturated rings. The van der Waals surface area contributed by atoms with Crippen molar-refractivity contribution in [3.63, 3.8) is 0 Å². The van der Waals surface area contributed by atoms with Gasteiger partial charge in [0.2, 0.25) is 0 Å². The van der Waals surface area contributed by atoms with Crippen molar-refractivity contribution in [2.45, 2.75) is 6.54 Å². The lowest BCUT2D eigenvalue weighted by molar-refractivity contribution is -0.958. The Labute approximate surface area is 102 Å². The normalized spacial score (nSPS) is 20.2. The number of nitrogens with one attached hydrogen (secondary N) is 1. The number of quaternary nitrogens is 2. The molecule has 2 aliphatic rings. The number of ether oxygens (including phenoxy) is 2. The third-order valence-corrected chi connectivity index (χ3v) is 3.46. The molecule has 0 radical (unpaired) electrons. The summed E-state index contributed by atoms with van der Waals surface area (Å²) in [5.74, 6) is 1.80. The fourth-order valence-corrected chi connectivity index (χ4v) is 2.54. The van der Waals surface area contributed by atoms with E-state index in [1.807, 2.05) is 6.07 Å². The lowest BCUT2D eigenvalue weighted by atomic mass is 10.1. The first-order valence-corrected chi connectivity index (χ1v) is 6.45. The molecule has 0 aliphatic carbocycles. The van der Waals surface area contributed by atoms with Crippen LogP contribution in [0.15, 0.2) is 18.2 Å². The summed E-state index contributed by atoms with van der Waals surface area (Å²) in [7, 11) is 0. The number of benzene rings is 1. The highest BCUT2D eigenvalue weighted by Gasteiger charge is 2.17. The lowest BCUT2D eigenvalue weighted by Crippen LogP contribution is -3.19. The largest absolute Gasteiger partial charge is 0.486 e. The smallest absolute Gasteiger partial charge is 0.161 e. The highest BCUT2D eigenvalue weighted by Crippen LogP contribution is 2.30. The van der Waals surface area contributed by atoms with Gasteiger partial charge in [0.15, 0.2) is 11.5 Å². The van der Waals surface area contributed by atoms with E-state index in [1.165, 1.54) is 31.7 Å². The first-order chi connectivity index (χ1) is 8.42. The van der Waals surface area contributed by atoms with E-state index in [0.29, 0.717) is 13.2 Å². The molecule has 0 unspecified atom stereocenters. The van der Waals surface area contributed by atoms with Crippen LogP contribution in [0, 0.1) is 0 Å². The molecule has 0 bridgehead atoms. The number of hydrogen-bond acceptors (Lipinski definition) is 2. The van der Waals surface area contributed by atoms with E-state index in [4.69, 9.17) is 9.47 Å². The third kappa shape index (κ3) is 2.53. The maximum atomic E-state index is 5.61. The zero-order valence-corrected chi connectivity index (χ0v) is 10.1. The molecule has 92 valence electrons. The molecule has 0 aromatic heterocycles. The lowest BCUT2D eigenvalue weighted by Gasteiger charge is -2.23. The van der Waals surface area contributed by atoms with Crippen LogP contribution in [0.25, 0.3) is 0 Å². The SMILES string of the molecule is c1cc2c(cc1C[NH+]1CC[NH2+]CC1)OCCO2. The Hall–Kier alpha value is -1.26. The minimum absolute atomic E-state index is 0.666. The third-order valence-electron chi connectivity index (χ3n) is 3.46. The first kappa shape index (κ1) is 10.9. The standard InChI is InChI=1S/C13H18N2O2/c1-2-12-13(17-8-7-16-12)9-11(1)10-15-5-3-14-4-6-15/h1-2,9,14H,3-8,10H2/p+2. The predicted octanol–water partition coefficient (Wildman–Crippen LogP) is -1.58. The molecule has 0 spiro atoms. The Morgan fingerprint density at radius 1 is 1.06 bits per heavy atom. The number of fused-ring (bicyclic) bond motifs is 1. The van der Waals surface area contributed by atoms with E-state index in [1.54, 1.807) is 4.90 Å². The van der Waals surface area contributed by atoms with Crippen molar-refractivity contribution >= 4 is 0 Å². The second-order valence-electron chi connectivity index (χ2n) is 4.77. The van der Waals surface area contributed by atoms with Crippen LogP contribution in [0.3, 0.4) is 0 Å². The van der Waals surface area contributed by atoms with Crippen molar-refractivity contribution in [1.29, 1.82) is 0 Å². The summed E-state index contributed by atoms with van der Waals surface area (Å²) in [6.07, 6.45) is 0. The molecule has 1 aromatic rings. The van der Waals surface area contributed by atoms with Gasteiger partial charge in [-0.05, 0) is 18.2 Å². The topological polar surface area (TPSA) is 39.5 Å². The van der Waals surface area contributed by atoms with Crippen molar-refractivity contribution in [2.24, 2.45) is 0 Å². The molecule has 2 aliphatic heterocycles. The average molecular weight is 236 g/mol. The minimum atomic E-state index is 0.666. The highest BCUT2D eigenvalue weighted by atomic mass is 16.6. The Morgan fingerprint density at radius 2 is 1.82 bits per heavy atom. The Balaban J connectivity index is 1.70. The van der Waals surface area contributed by atoms with Crippen molar-refractivity contribution in [3.8, 4) is 11.5 Å². The molecule has 0 amide bonds. The minimum Gasteiger partial charge on any atom is -0.486 e. The second-order valence-corrected chi connectivity index (χ2v) is 4.77. The molecule has 4 nitrogen and oxygen atoms in total. The van der Waals surface area contributed by atoms with Crippen LogP contribution < -0.4 is 19.7 Å². The van der Waals surface area contributed by atoms with Gasteiger partial charge in [-0.1, -0.05) is 0 Å². The van der Waals surface area contributed by atoms with E-state index >= 15 is 0 Å². The molecule has 2 heterocycles. The summed E-state index contributed by atoms with van der Waals surface area (Å²) in [5, 5.41) is 2.40. The summed E-state index contributed by atoms with van der Waals surface area (Å²) in [5.41, 5.74) is 1.35. The first-order valence-electron chi connectivity index (χ1n) is 6.45.